The number of benzene rings is 3. The van der Waals surface area contributed by atoms with Crippen molar-refractivity contribution in [2.75, 3.05) is 0 Å². The van der Waals surface area contributed by atoms with Crippen LogP contribution in [0.25, 0.3) is 10.8 Å². The first kappa shape index (κ1) is 13.8. The highest BCUT2D eigenvalue weighted by Crippen LogP contribution is 2.47. The van der Waals surface area contributed by atoms with Gasteiger partial charge in [0.1, 0.15) is 12.1 Å². The fourth-order valence-corrected chi connectivity index (χ4v) is 4.66. The summed E-state index contributed by atoms with van der Waals surface area (Å²) in [5, 5.41) is 0.965. The lowest BCUT2D eigenvalue weighted by Gasteiger charge is -2.43. The third-order valence-electron chi connectivity index (χ3n) is 5.70. The van der Waals surface area contributed by atoms with Crippen LogP contribution in [0.2, 0.25) is 0 Å². The van der Waals surface area contributed by atoms with Gasteiger partial charge in [0.15, 0.2) is 0 Å². The molecule has 2 bridgehead atoms. The SMILES string of the molecule is O=c1c2ccccc2c(=O)n2n1C1c3ccccc3C2c2ccccc21. The molecule has 0 atom stereocenters. The van der Waals surface area contributed by atoms with Crippen molar-refractivity contribution in [3.05, 3.63) is 116 Å². The van der Waals surface area contributed by atoms with Crippen LogP contribution < -0.4 is 11.1 Å². The van der Waals surface area contributed by atoms with Gasteiger partial charge in [0.25, 0.3) is 11.1 Å². The van der Waals surface area contributed by atoms with Gasteiger partial charge in [0.2, 0.25) is 0 Å². The largest absolute Gasteiger partial charge is 0.274 e. The topological polar surface area (TPSA) is 44.0 Å². The molecule has 0 unspecified atom stereocenters. The predicted molar refractivity (Wildman–Crippen MR) is 99.8 cm³/mol. The van der Waals surface area contributed by atoms with E-state index >= 15 is 0 Å². The second-order valence-electron chi connectivity index (χ2n) is 6.91. The maximum atomic E-state index is 13.3. The van der Waals surface area contributed by atoms with Crippen molar-refractivity contribution in [2.24, 2.45) is 0 Å². The van der Waals surface area contributed by atoms with E-state index in [0.717, 1.165) is 22.3 Å². The molecular formula is C22H14N2O2. The lowest BCUT2D eigenvalue weighted by molar-refractivity contribution is 0.338. The second kappa shape index (κ2) is 4.61. The predicted octanol–water partition coefficient (Wildman–Crippen LogP) is 3.07. The molecule has 0 saturated carbocycles. The Labute approximate surface area is 148 Å². The summed E-state index contributed by atoms with van der Waals surface area (Å²) in [4.78, 5) is 26.7. The molecule has 4 nitrogen and oxygen atoms in total. The molecule has 0 spiro atoms. The zero-order valence-electron chi connectivity index (χ0n) is 13.8. The van der Waals surface area contributed by atoms with Crippen LogP contribution in [0.3, 0.4) is 0 Å². The number of nitrogens with zero attached hydrogens (tertiary/aromatic N) is 2. The van der Waals surface area contributed by atoms with Gasteiger partial charge in [-0.2, -0.15) is 0 Å². The molecular weight excluding hydrogens is 324 g/mol. The quantitative estimate of drug-likeness (QED) is 0.427. The van der Waals surface area contributed by atoms with Crippen molar-refractivity contribution in [1.29, 1.82) is 0 Å². The van der Waals surface area contributed by atoms with E-state index in [1.165, 1.54) is 0 Å². The summed E-state index contributed by atoms with van der Waals surface area (Å²) >= 11 is 0. The van der Waals surface area contributed by atoms with Gasteiger partial charge in [-0.15, -0.1) is 0 Å². The first-order valence-electron chi connectivity index (χ1n) is 8.71. The molecule has 3 heterocycles. The third kappa shape index (κ3) is 1.46. The lowest BCUT2D eigenvalue weighted by Crippen LogP contribution is -2.50. The molecule has 3 aromatic carbocycles. The van der Waals surface area contributed by atoms with Crippen molar-refractivity contribution in [3.8, 4) is 0 Å². The number of aromatic nitrogens is 2. The summed E-state index contributed by atoms with van der Waals surface area (Å²) in [6.45, 7) is 0. The Kier molecular flexibility index (Phi) is 2.45. The highest BCUT2D eigenvalue weighted by Gasteiger charge is 2.42. The normalized spacial score (nSPS) is 19.1. The highest BCUT2D eigenvalue weighted by atomic mass is 16.2. The lowest BCUT2D eigenvalue weighted by atomic mass is 9.77. The minimum Gasteiger partial charge on any atom is -0.267 e. The summed E-state index contributed by atoms with van der Waals surface area (Å²) < 4.78 is 3.33. The Hall–Kier alpha value is -3.40. The summed E-state index contributed by atoms with van der Waals surface area (Å²) in [6.07, 6.45) is 0. The number of hydrogen-bond donors (Lipinski definition) is 0. The maximum absolute atomic E-state index is 13.3. The Morgan fingerprint density at radius 1 is 0.500 bits per heavy atom. The van der Waals surface area contributed by atoms with Gasteiger partial charge < -0.3 is 0 Å². The van der Waals surface area contributed by atoms with Gasteiger partial charge in [0, 0.05) is 0 Å². The van der Waals surface area contributed by atoms with Crippen LogP contribution in [0, 0.1) is 0 Å². The van der Waals surface area contributed by atoms with Crippen molar-refractivity contribution in [3.63, 3.8) is 0 Å². The van der Waals surface area contributed by atoms with Gasteiger partial charge in [-0.05, 0) is 34.4 Å². The standard InChI is InChI=1S/C22H14N2O2/c25-21-17-11-5-6-12-18(17)22(26)24-20-14-8-2-1-7-13(14)19(23(21)24)15-9-3-4-10-16(15)20/h1-12,19-20H. The molecule has 0 amide bonds. The molecule has 124 valence electrons. The summed E-state index contributed by atoms with van der Waals surface area (Å²) in [5.74, 6) is 0. The van der Waals surface area contributed by atoms with Crippen molar-refractivity contribution in [1.82, 2.24) is 9.36 Å². The van der Waals surface area contributed by atoms with E-state index in [0.29, 0.717) is 10.8 Å². The van der Waals surface area contributed by atoms with E-state index in [4.69, 9.17) is 0 Å². The van der Waals surface area contributed by atoms with Gasteiger partial charge >= 0.3 is 0 Å². The molecule has 0 N–H and O–H groups in total. The molecule has 7 rings (SSSR count). The molecule has 1 aromatic heterocycles. The average molecular weight is 338 g/mol. The van der Waals surface area contributed by atoms with Crippen LogP contribution in [0.1, 0.15) is 34.3 Å². The fraction of sp³-hybridized carbons (Fsp3) is 0.0909. The van der Waals surface area contributed by atoms with Gasteiger partial charge in [0.05, 0.1) is 10.8 Å². The first-order chi connectivity index (χ1) is 12.8. The summed E-state index contributed by atoms with van der Waals surface area (Å²) in [6, 6.07) is 22.8. The van der Waals surface area contributed by atoms with E-state index in [-0.39, 0.29) is 23.2 Å². The highest BCUT2D eigenvalue weighted by molar-refractivity contribution is 5.81. The zero-order chi connectivity index (χ0) is 17.4. The first-order valence-corrected chi connectivity index (χ1v) is 8.71. The minimum atomic E-state index is -0.266. The number of rotatable bonds is 0. The Morgan fingerprint density at radius 3 is 1.15 bits per heavy atom. The van der Waals surface area contributed by atoms with E-state index in [9.17, 15) is 9.59 Å². The molecule has 0 fully saturated rings. The third-order valence-corrected chi connectivity index (χ3v) is 5.70. The number of fused-ring (bicyclic) bond motifs is 1. The van der Waals surface area contributed by atoms with Crippen molar-refractivity contribution >= 4 is 10.8 Å². The van der Waals surface area contributed by atoms with Crippen LogP contribution in [-0.2, 0) is 0 Å². The Bertz CT molecular complexity index is 1200. The molecule has 4 aromatic rings. The minimum absolute atomic E-state index is 0.112. The average Bonchev–Trinajstić information content (AvgIpc) is 2.71. The Morgan fingerprint density at radius 2 is 0.808 bits per heavy atom. The summed E-state index contributed by atoms with van der Waals surface area (Å²) in [5.41, 5.74) is 4.19. The fourth-order valence-electron chi connectivity index (χ4n) is 4.66. The molecule has 1 aliphatic carbocycles. The molecule has 0 saturated heterocycles. The van der Waals surface area contributed by atoms with E-state index in [1.54, 1.807) is 21.5 Å². The Balaban J connectivity index is 1.87. The molecule has 3 aliphatic rings. The van der Waals surface area contributed by atoms with Crippen molar-refractivity contribution in [2.45, 2.75) is 12.1 Å². The summed E-state index contributed by atoms with van der Waals surface area (Å²) in [7, 11) is 0. The van der Waals surface area contributed by atoms with Crippen LogP contribution in [-0.4, -0.2) is 9.36 Å². The second-order valence-corrected chi connectivity index (χ2v) is 6.91. The van der Waals surface area contributed by atoms with Gasteiger partial charge in [-0.1, -0.05) is 60.7 Å². The maximum Gasteiger partial charge on any atom is 0.274 e. The van der Waals surface area contributed by atoms with Crippen LogP contribution >= 0.6 is 0 Å². The van der Waals surface area contributed by atoms with Crippen molar-refractivity contribution < 1.29 is 0 Å². The van der Waals surface area contributed by atoms with E-state index < -0.39 is 0 Å². The molecule has 4 heteroatoms. The molecule has 26 heavy (non-hydrogen) atoms. The van der Waals surface area contributed by atoms with Crippen LogP contribution in [0.5, 0.6) is 0 Å². The van der Waals surface area contributed by atoms with Gasteiger partial charge in [-0.3, -0.25) is 9.59 Å². The zero-order valence-corrected chi connectivity index (χ0v) is 13.8. The monoisotopic (exact) mass is 338 g/mol. The van der Waals surface area contributed by atoms with E-state index in [1.807, 2.05) is 36.4 Å². The smallest absolute Gasteiger partial charge is 0.267 e. The molecule has 0 radical (unpaired) electrons. The van der Waals surface area contributed by atoms with Crippen LogP contribution in [0.15, 0.2) is 82.4 Å². The van der Waals surface area contributed by atoms with Gasteiger partial charge in [-0.25, -0.2) is 9.36 Å². The van der Waals surface area contributed by atoms with Crippen LogP contribution in [0.4, 0.5) is 0 Å². The molecule has 2 aliphatic heterocycles. The van der Waals surface area contributed by atoms with E-state index in [2.05, 4.69) is 24.3 Å². The number of hydrogen-bond acceptors (Lipinski definition) is 2.